The molecule has 1 aliphatic heterocycles. The molecule has 2 rings (SSSR count). The summed E-state index contributed by atoms with van der Waals surface area (Å²) in [6.45, 7) is 9.35. The van der Waals surface area contributed by atoms with Crippen molar-refractivity contribution in [2.75, 3.05) is 33.3 Å². The van der Waals surface area contributed by atoms with Crippen LogP contribution >= 0.6 is 0 Å². The van der Waals surface area contributed by atoms with Crippen LogP contribution in [-0.4, -0.2) is 68.1 Å². The SMILES string of the molecule is CN1CCOC(CNC2CCC(NC(=O)OC(C)(C)C)C2)C1. The van der Waals surface area contributed by atoms with Crippen LogP contribution in [0.2, 0.25) is 0 Å². The Bertz CT molecular complexity index is 370. The van der Waals surface area contributed by atoms with Gasteiger partial charge in [-0.15, -0.1) is 0 Å². The molecule has 3 unspecified atom stereocenters. The maximum Gasteiger partial charge on any atom is 0.407 e. The summed E-state index contributed by atoms with van der Waals surface area (Å²) in [7, 11) is 2.13. The van der Waals surface area contributed by atoms with Crippen LogP contribution in [0.15, 0.2) is 0 Å². The molecular weight excluding hydrogens is 282 g/mol. The lowest BCUT2D eigenvalue weighted by atomic mass is 10.2. The quantitative estimate of drug-likeness (QED) is 0.820. The van der Waals surface area contributed by atoms with E-state index in [1.165, 1.54) is 0 Å². The Balaban J connectivity index is 1.64. The number of carbonyl (C=O) groups is 1. The van der Waals surface area contributed by atoms with E-state index in [9.17, 15) is 4.79 Å². The molecule has 1 heterocycles. The second-order valence-electron chi connectivity index (χ2n) is 7.52. The maximum atomic E-state index is 11.8. The number of ether oxygens (including phenoxy) is 2. The van der Waals surface area contributed by atoms with E-state index in [4.69, 9.17) is 9.47 Å². The average molecular weight is 313 g/mol. The molecule has 1 aliphatic carbocycles. The Morgan fingerprint density at radius 1 is 1.32 bits per heavy atom. The number of morpholine rings is 1. The molecular formula is C16H31N3O3. The lowest BCUT2D eigenvalue weighted by Gasteiger charge is -2.31. The minimum Gasteiger partial charge on any atom is -0.444 e. The molecule has 22 heavy (non-hydrogen) atoms. The number of nitrogens with zero attached hydrogens (tertiary/aromatic N) is 1. The molecule has 0 bridgehead atoms. The molecule has 6 heteroatoms. The van der Waals surface area contributed by atoms with Gasteiger partial charge in [0, 0.05) is 31.7 Å². The highest BCUT2D eigenvalue weighted by molar-refractivity contribution is 5.68. The number of amides is 1. The first-order valence-corrected chi connectivity index (χ1v) is 8.35. The number of alkyl carbamates (subject to hydrolysis) is 1. The second-order valence-corrected chi connectivity index (χ2v) is 7.52. The molecule has 0 spiro atoms. The molecule has 1 saturated carbocycles. The van der Waals surface area contributed by atoms with Crippen molar-refractivity contribution in [2.45, 2.75) is 63.8 Å². The zero-order chi connectivity index (χ0) is 16.2. The number of carbonyl (C=O) groups excluding carboxylic acids is 1. The van der Waals surface area contributed by atoms with Crippen molar-refractivity contribution in [3.8, 4) is 0 Å². The van der Waals surface area contributed by atoms with E-state index in [0.717, 1.165) is 45.5 Å². The van der Waals surface area contributed by atoms with E-state index in [-0.39, 0.29) is 18.2 Å². The number of hydrogen-bond acceptors (Lipinski definition) is 5. The van der Waals surface area contributed by atoms with E-state index < -0.39 is 5.60 Å². The van der Waals surface area contributed by atoms with Gasteiger partial charge in [-0.05, 0) is 47.1 Å². The first-order valence-electron chi connectivity index (χ1n) is 8.35. The standard InChI is InChI=1S/C16H31N3O3/c1-16(2,3)22-15(20)18-13-6-5-12(9-13)17-10-14-11-19(4)7-8-21-14/h12-14,17H,5-11H2,1-4H3,(H,18,20). The van der Waals surface area contributed by atoms with Gasteiger partial charge in [-0.25, -0.2) is 4.79 Å². The molecule has 0 radical (unpaired) electrons. The van der Waals surface area contributed by atoms with Crippen LogP contribution in [0.3, 0.4) is 0 Å². The summed E-state index contributed by atoms with van der Waals surface area (Å²) in [6.07, 6.45) is 3.01. The number of likely N-dealkylation sites (N-methyl/N-ethyl adjacent to an activating group) is 1. The molecule has 3 atom stereocenters. The van der Waals surface area contributed by atoms with Crippen molar-refractivity contribution in [1.82, 2.24) is 15.5 Å². The van der Waals surface area contributed by atoms with Gasteiger partial charge in [0.15, 0.2) is 0 Å². The fraction of sp³-hybridized carbons (Fsp3) is 0.938. The Labute approximate surface area is 133 Å². The number of hydrogen-bond donors (Lipinski definition) is 2. The topological polar surface area (TPSA) is 62.8 Å². The van der Waals surface area contributed by atoms with Crippen LogP contribution in [0.1, 0.15) is 40.0 Å². The van der Waals surface area contributed by atoms with Gasteiger partial charge in [-0.1, -0.05) is 0 Å². The maximum absolute atomic E-state index is 11.8. The van der Waals surface area contributed by atoms with Gasteiger partial charge >= 0.3 is 6.09 Å². The summed E-state index contributed by atoms with van der Waals surface area (Å²) in [5, 5.41) is 6.55. The van der Waals surface area contributed by atoms with E-state index in [0.29, 0.717) is 6.04 Å². The molecule has 2 aliphatic rings. The van der Waals surface area contributed by atoms with Gasteiger partial charge in [0.2, 0.25) is 0 Å². The first kappa shape index (κ1) is 17.5. The molecule has 6 nitrogen and oxygen atoms in total. The molecule has 2 fully saturated rings. The molecule has 1 saturated heterocycles. The summed E-state index contributed by atoms with van der Waals surface area (Å²) in [5.41, 5.74) is -0.440. The molecule has 2 N–H and O–H groups in total. The highest BCUT2D eigenvalue weighted by Crippen LogP contribution is 2.20. The third kappa shape index (κ3) is 6.10. The molecule has 0 aromatic heterocycles. The Morgan fingerprint density at radius 2 is 2.05 bits per heavy atom. The molecule has 128 valence electrons. The summed E-state index contributed by atoms with van der Waals surface area (Å²) in [5.74, 6) is 0. The van der Waals surface area contributed by atoms with Crippen molar-refractivity contribution in [2.24, 2.45) is 0 Å². The molecule has 0 aromatic rings. The van der Waals surface area contributed by atoms with E-state index >= 15 is 0 Å². The van der Waals surface area contributed by atoms with E-state index in [1.807, 2.05) is 20.8 Å². The van der Waals surface area contributed by atoms with Crippen LogP contribution in [0.4, 0.5) is 4.79 Å². The lowest BCUT2D eigenvalue weighted by molar-refractivity contribution is -0.0192. The van der Waals surface area contributed by atoms with Crippen molar-refractivity contribution < 1.29 is 14.3 Å². The van der Waals surface area contributed by atoms with Gasteiger partial charge in [-0.3, -0.25) is 0 Å². The summed E-state index contributed by atoms with van der Waals surface area (Å²) < 4.78 is 11.1. The van der Waals surface area contributed by atoms with E-state index in [2.05, 4.69) is 22.6 Å². The minimum atomic E-state index is -0.440. The summed E-state index contributed by atoms with van der Waals surface area (Å²) in [6, 6.07) is 0.665. The van der Waals surface area contributed by atoms with Gasteiger partial charge < -0.3 is 25.0 Å². The van der Waals surface area contributed by atoms with Gasteiger partial charge in [0.25, 0.3) is 0 Å². The lowest BCUT2D eigenvalue weighted by Crippen LogP contribution is -2.46. The normalized spacial score (nSPS) is 30.3. The van der Waals surface area contributed by atoms with Crippen molar-refractivity contribution in [3.63, 3.8) is 0 Å². The van der Waals surface area contributed by atoms with Gasteiger partial charge in [0.1, 0.15) is 5.60 Å². The van der Waals surface area contributed by atoms with Crippen molar-refractivity contribution >= 4 is 6.09 Å². The van der Waals surface area contributed by atoms with Crippen LogP contribution in [-0.2, 0) is 9.47 Å². The number of rotatable bonds is 4. The second kappa shape index (κ2) is 7.62. The highest BCUT2D eigenvalue weighted by Gasteiger charge is 2.28. The third-order valence-corrected chi connectivity index (χ3v) is 4.13. The highest BCUT2D eigenvalue weighted by atomic mass is 16.6. The van der Waals surface area contributed by atoms with Crippen LogP contribution in [0, 0.1) is 0 Å². The monoisotopic (exact) mass is 313 g/mol. The van der Waals surface area contributed by atoms with Crippen molar-refractivity contribution in [3.05, 3.63) is 0 Å². The van der Waals surface area contributed by atoms with Gasteiger partial charge in [0.05, 0.1) is 12.7 Å². The first-order chi connectivity index (χ1) is 10.3. The Kier molecular flexibility index (Phi) is 6.06. The largest absolute Gasteiger partial charge is 0.444 e. The predicted octanol–water partition coefficient (Wildman–Crippen LogP) is 1.35. The smallest absolute Gasteiger partial charge is 0.407 e. The Hall–Kier alpha value is -0.850. The van der Waals surface area contributed by atoms with Crippen LogP contribution < -0.4 is 10.6 Å². The molecule has 1 amide bonds. The fourth-order valence-corrected chi connectivity index (χ4v) is 3.06. The van der Waals surface area contributed by atoms with Crippen LogP contribution in [0.5, 0.6) is 0 Å². The zero-order valence-electron chi connectivity index (χ0n) is 14.4. The summed E-state index contributed by atoms with van der Waals surface area (Å²) in [4.78, 5) is 14.1. The average Bonchev–Trinajstić information content (AvgIpc) is 2.81. The van der Waals surface area contributed by atoms with E-state index in [1.54, 1.807) is 0 Å². The van der Waals surface area contributed by atoms with Gasteiger partial charge in [-0.2, -0.15) is 0 Å². The number of nitrogens with one attached hydrogen (secondary N) is 2. The zero-order valence-corrected chi connectivity index (χ0v) is 14.4. The Morgan fingerprint density at radius 3 is 2.73 bits per heavy atom. The fourth-order valence-electron chi connectivity index (χ4n) is 3.06. The third-order valence-electron chi connectivity index (χ3n) is 4.13. The molecule has 0 aromatic carbocycles. The van der Waals surface area contributed by atoms with Crippen LogP contribution in [0.25, 0.3) is 0 Å². The van der Waals surface area contributed by atoms with Crippen molar-refractivity contribution in [1.29, 1.82) is 0 Å². The summed E-state index contributed by atoms with van der Waals surface area (Å²) >= 11 is 0. The predicted molar refractivity (Wildman–Crippen MR) is 86.0 cm³/mol. The minimum absolute atomic E-state index is 0.210.